The molecular weight excluding hydrogens is 268 g/mol. The number of amides is 3. The number of nitrogens with two attached hydrogens (primary N) is 1. The second-order valence-corrected chi connectivity index (χ2v) is 5.18. The molecule has 1 aromatic carbocycles. The fraction of sp³-hybridized carbons (Fsp3) is 0.467. The first kappa shape index (κ1) is 15.2. The molecule has 1 heterocycles. The fourth-order valence-corrected chi connectivity index (χ4v) is 2.49. The third-order valence-corrected chi connectivity index (χ3v) is 3.52. The minimum Gasteiger partial charge on any atom is -0.397 e. The number of para-hydroxylation sites is 1. The summed E-state index contributed by atoms with van der Waals surface area (Å²) < 4.78 is 0. The highest BCUT2D eigenvalue weighted by molar-refractivity contribution is 5.97. The normalized spacial score (nSPS) is 12.9. The van der Waals surface area contributed by atoms with Crippen molar-refractivity contribution in [3.63, 3.8) is 0 Å². The van der Waals surface area contributed by atoms with Crippen molar-refractivity contribution in [1.82, 2.24) is 10.6 Å². The summed E-state index contributed by atoms with van der Waals surface area (Å²) in [7, 11) is 0. The predicted molar refractivity (Wildman–Crippen MR) is 83.2 cm³/mol. The Hall–Kier alpha value is -2.24. The van der Waals surface area contributed by atoms with Crippen LogP contribution in [0, 0.1) is 0 Å². The average Bonchev–Trinajstić information content (AvgIpc) is 2.83. The van der Waals surface area contributed by atoms with Gasteiger partial charge in [-0.05, 0) is 24.5 Å². The number of carbonyl (C=O) groups excluding carboxylic acids is 2. The molecule has 1 aliphatic heterocycles. The van der Waals surface area contributed by atoms with Crippen molar-refractivity contribution in [2.45, 2.75) is 26.2 Å². The molecule has 0 atom stereocenters. The van der Waals surface area contributed by atoms with Gasteiger partial charge in [0.1, 0.15) is 0 Å². The Morgan fingerprint density at radius 2 is 2.19 bits per heavy atom. The quantitative estimate of drug-likeness (QED) is 0.563. The van der Waals surface area contributed by atoms with Crippen molar-refractivity contribution in [2.75, 3.05) is 30.3 Å². The zero-order chi connectivity index (χ0) is 15.2. The lowest BCUT2D eigenvalue weighted by molar-refractivity contribution is -0.118. The van der Waals surface area contributed by atoms with Crippen LogP contribution >= 0.6 is 0 Å². The van der Waals surface area contributed by atoms with Crippen LogP contribution in [0.3, 0.4) is 0 Å². The van der Waals surface area contributed by atoms with E-state index in [1.807, 2.05) is 30.0 Å². The topological polar surface area (TPSA) is 87.5 Å². The first-order valence-electron chi connectivity index (χ1n) is 7.31. The Balaban J connectivity index is 1.86. The Bertz CT molecular complexity index is 530. The third-order valence-electron chi connectivity index (χ3n) is 3.52. The number of unbranched alkanes of at least 4 members (excludes halogenated alkanes) is 1. The van der Waals surface area contributed by atoms with Crippen LogP contribution in [0.2, 0.25) is 0 Å². The lowest BCUT2D eigenvalue weighted by Gasteiger charge is -2.20. The first-order valence-corrected chi connectivity index (χ1v) is 7.31. The third kappa shape index (κ3) is 3.87. The van der Waals surface area contributed by atoms with Crippen LogP contribution in [-0.4, -0.2) is 31.6 Å². The molecule has 0 spiro atoms. The smallest absolute Gasteiger partial charge is 0.321 e. The minimum absolute atomic E-state index is 0.141. The molecule has 0 saturated heterocycles. The molecule has 6 heteroatoms. The van der Waals surface area contributed by atoms with Crippen LogP contribution in [0.25, 0.3) is 0 Å². The summed E-state index contributed by atoms with van der Waals surface area (Å²) in [5.74, 6) is -0.319. The number of imide groups is 1. The lowest BCUT2D eigenvalue weighted by atomic mass is 10.1. The molecule has 0 fully saturated rings. The largest absolute Gasteiger partial charge is 0.397 e. The summed E-state index contributed by atoms with van der Waals surface area (Å²) in [6.07, 6.45) is 2.77. The number of benzene rings is 1. The van der Waals surface area contributed by atoms with Crippen LogP contribution in [0.15, 0.2) is 18.2 Å². The van der Waals surface area contributed by atoms with Gasteiger partial charge in [-0.25, -0.2) is 4.79 Å². The van der Waals surface area contributed by atoms with E-state index in [2.05, 4.69) is 10.6 Å². The van der Waals surface area contributed by atoms with E-state index in [1.54, 1.807) is 0 Å². The predicted octanol–water partition coefficient (Wildman–Crippen LogP) is 1.26. The zero-order valence-corrected chi connectivity index (χ0v) is 12.3. The van der Waals surface area contributed by atoms with Crippen LogP contribution in [0.5, 0.6) is 0 Å². The summed E-state index contributed by atoms with van der Waals surface area (Å²) >= 11 is 0. The molecule has 2 rings (SSSR count). The first-order chi connectivity index (χ1) is 10.1. The van der Waals surface area contributed by atoms with Crippen LogP contribution in [-0.2, 0) is 11.2 Å². The number of nitrogens with zero attached hydrogens (tertiary/aromatic N) is 1. The number of fused-ring (bicyclic) bond motifs is 1. The summed E-state index contributed by atoms with van der Waals surface area (Å²) in [5, 5.41) is 5.00. The van der Waals surface area contributed by atoms with Crippen molar-refractivity contribution in [3.8, 4) is 0 Å². The molecular formula is C15H22N4O2. The fourth-order valence-electron chi connectivity index (χ4n) is 2.49. The molecule has 0 saturated carbocycles. The van der Waals surface area contributed by atoms with Crippen LogP contribution in [0.4, 0.5) is 16.2 Å². The molecule has 0 aliphatic carbocycles. The molecule has 0 radical (unpaired) electrons. The van der Waals surface area contributed by atoms with Gasteiger partial charge in [0, 0.05) is 13.1 Å². The zero-order valence-electron chi connectivity index (χ0n) is 12.3. The maximum Gasteiger partial charge on any atom is 0.321 e. The maximum atomic E-state index is 11.9. The molecule has 0 aromatic heterocycles. The highest BCUT2D eigenvalue weighted by Gasteiger charge is 2.23. The van der Waals surface area contributed by atoms with Crippen molar-refractivity contribution in [3.05, 3.63) is 23.8 Å². The van der Waals surface area contributed by atoms with Crippen molar-refractivity contribution in [1.29, 1.82) is 0 Å². The van der Waals surface area contributed by atoms with Crippen molar-refractivity contribution < 1.29 is 9.59 Å². The molecule has 6 nitrogen and oxygen atoms in total. The second-order valence-electron chi connectivity index (χ2n) is 5.18. The van der Waals surface area contributed by atoms with Gasteiger partial charge in [0.15, 0.2) is 0 Å². The molecule has 114 valence electrons. The van der Waals surface area contributed by atoms with Crippen LogP contribution in [0.1, 0.15) is 25.3 Å². The molecule has 0 unspecified atom stereocenters. The van der Waals surface area contributed by atoms with E-state index in [1.165, 1.54) is 0 Å². The standard InChI is InChI=1S/C15H22N4O2/c1-2-3-8-17-15(21)18-13(20)10-19-9-7-11-5-4-6-12(16)14(11)19/h4-6H,2-3,7-10,16H2,1H3,(H2,17,18,20,21). The van der Waals surface area contributed by atoms with Gasteiger partial charge >= 0.3 is 6.03 Å². The Labute approximate surface area is 124 Å². The second kappa shape index (κ2) is 6.97. The maximum absolute atomic E-state index is 11.9. The SMILES string of the molecule is CCCCNC(=O)NC(=O)CN1CCc2cccc(N)c21. The summed E-state index contributed by atoms with van der Waals surface area (Å²) in [5.41, 5.74) is 8.70. The van der Waals surface area contributed by atoms with Gasteiger partial charge in [-0.15, -0.1) is 0 Å². The molecule has 1 aromatic rings. The van der Waals surface area contributed by atoms with E-state index >= 15 is 0 Å². The number of carbonyl (C=O) groups is 2. The molecule has 4 N–H and O–H groups in total. The highest BCUT2D eigenvalue weighted by atomic mass is 16.2. The highest BCUT2D eigenvalue weighted by Crippen LogP contribution is 2.33. The Kier molecular flexibility index (Phi) is 5.03. The average molecular weight is 290 g/mol. The van der Waals surface area contributed by atoms with E-state index in [9.17, 15) is 9.59 Å². The summed E-state index contributed by atoms with van der Waals surface area (Å²) in [4.78, 5) is 25.4. The molecule has 3 amide bonds. The summed E-state index contributed by atoms with van der Waals surface area (Å²) in [6.45, 7) is 3.51. The lowest BCUT2D eigenvalue weighted by Crippen LogP contribution is -2.44. The van der Waals surface area contributed by atoms with Gasteiger partial charge in [0.25, 0.3) is 0 Å². The minimum atomic E-state index is -0.436. The number of nitrogen functional groups attached to an aromatic ring is 1. The van der Waals surface area contributed by atoms with Gasteiger partial charge in [-0.3, -0.25) is 10.1 Å². The van der Waals surface area contributed by atoms with Gasteiger partial charge in [-0.2, -0.15) is 0 Å². The number of hydrogen-bond donors (Lipinski definition) is 3. The van der Waals surface area contributed by atoms with Gasteiger partial charge in [0.05, 0.1) is 17.9 Å². The van der Waals surface area contributed by atoms with Gasteiger partial charge in [0.2, 0.25) is 5.91 Å². The Morgan fingerprint density at radius 1 is 1.38 bits per heavy atom. The monoisotopic (exact) mass is 290 g/mol. The van der Waals surface area contributed by atoms with E-state index in [-0.39, 0.29) is 12.5 Å². The number of hydrogen-bond acceptors (Lipinski definition) is 4. The van der Waals surface area contributed by atoms with E-state index < -0.39 is 6.03 Å². The molecule has 1 aliphatic rings. The number of rotatable bonds is 5. The molecule has 0 bridgehead atoms. The van der Waals surface area contributed by atoms with E-state index in [0.717, 1.165) is 37.1 Å². The molecule has 21 heavy (non-hydrogen) atoms. The summed E-state index contributed by atoms with van der Waals surface area (Å²) in [6, 6.07) is 5.32. The Morgan fingerprint density at radius 3 is 2.95 bits per heavy atom. The van der Waals surface area contributed by atoms with E-state index in [4.69, 9.17) is 5.73 Å². The van der Waals surface area contributed by atoms with Crippen molar-refractivity contribution in [2.24, 2.45) is 0 Å². The van der Waals surface area contributed by atoms with Crippen molar-refractivity contribution >= 4 is 23.3 Å². The number of urea groups is 1. The van der Waals surface area contributed by atoms with E-state index in [0.29, 0.717) is 12.2 Å². The van der Waals surface area contributed by atoms with Gasteiger partial charge < -0.3 is 16.0 Å². The number of nitrogens with one attached hydrogen (secondary N) is 2. The van der Waals surface area contributed by atoms with Crippen LogP contribution < -0.4 is 21.3 Å². The van der Waals surface area contributed by atoms with Gasteiger partial charge in [-0.1, -0.05) is 25.5 Å². The number of anilines is 2.